The van der Waals surface area contributed by atoms with Gasteiger partial charge in [0.25, 0.3) is 0 Å². The van der Waals surface area contributed by atoms with Crippen molar-refractivity contribution in [1.29, 1.82) is 0 Å². The number of ether oxygens (including phenoxy) is 1. The summed E-state index contributed by atoms with van der Waals surface area (Å²) >= 11 is 0. The fourth-order valence-electron chi connectivity index (χ4n) is 2.17. The zero-order valence-corrected chi connectivity index (χ0v) is 12.6. The maximum absolute atomic E-state index is 12.4. The lowest BCUT2D eigenvalue weighted by Gasteiger charge is -2.33. The summed E-state index contributed by atoms with van der Waals surface area (Å²) in [5.74, 6) is 5.10. The number of hydrogen-bond donors (Lipinski definition) is 2. The monoisotopic (exact) mass is 310 g/mol. The molecule has 0 saturated carbocycles. The molecule has 0 amide bonds. The molecule has 0 bridgehead atoms. The molecular weight excluding hydrogens is 292 g/mol. The van der Waals surface area contributed by atoms with Gasteiger partial charge in [-0.05, 0) is 25.8 Å². The average molecular weight is 310 g/mol. The number of aromatic nitrogens is 1. The van der Waals surface area contributed by atoms with Crippen molar-refractivity contribution in [1.82, 2.24) is 9.71 Å². The second-order valence-corrected chi connectivity index (χ2v) is 6.87. The minimum absolute atomic E-state index is 0.0547. The Morgan fingerprint density at radius 1 is 1.52 bits per heavy atom. The van der Waals surface area contributed by atoms with E-state index in [-0.39, 0.29) is 11.5 Å². The van der Waals surface area contributed by atoms with Gasteiger partial charge in [-0.2, -0.15) is 0 Å². The van der Waals surface area contributed by atoms with Crippen molar-refractivity contribution in [3.8, 4) is 11.8 Å². The number of rotatable bonds is 3. The summed E-state index contributed by atoms with van der Waals surface area (Å²) in [6.07, 6.45) is 4.27. The standard InChI is InChI=1S/C14H18N2O4S/c1-14(5-3-7-20-11-14)16-21(18,19)13-8-12(4-2-6-17)9-15-10-13/h8-10,16-17H,3,5-7,11H2,1H3. The van der Waals surface area contributed by atoms with Crippen LogP contribution < -0.4 is 4.72 Å². The van der Waals surface area contributed by atoms with Crippen molar-refractivity contribution < 1.29 is 18.3 Å². The van der Waals surface area contributed by atoms with Crippen LogP contribution in [0.3, 0.4) is 0 Å². The predicted octanol–water partition coefficient (Wildman–Crippen LogP) is 0.273. The van der Waals surface area contributed by atoms with Crippen LogP contribution in [-0.2, 0) is 14.8 Å². The maximum atomic E-state index is 12.4. The molecule has 0 aliphatic carbocycles. The van der Waals surface area contributed by atoms with Crippen molar-refractivity contribution in [2.45, 2.75) is 30.2 Å². The van der Waals surface area contributed by atoms with E-state index in [0.717, 1.165) is 12.8 Å². The van der Waals surface area contributed by atoms with Crippen molar-refractivity contribution >= 4 is 10.0 Å². The van der Waals surface area contributed by atoms with E-state index in [0.29, 0.717) is 18.8 Å². The van der Waals surface area contributed by atoms with Gasteiger partial charge in [-0.3, -0.25) is 4.98 Å². The molecule has 0 aromatic carbocycles. The van der Waals surface area contributed by atoms with E-state index in [1.165, 1.54) is 18.5 Å². The van der Waals surface area contributed by atoms with Gasteiger partial charge in [-0.25, -0.2) is 13.1 Å². The topological polar surface area (TPSA) is 88.5 Å². The van der Waals surface area contributed by atoms with Gasteiger partial charge in [0.05, 0.1) is 12.1 Å². The molecule has 7 heteroatoms. The summed E-state index contributed by atoms with van der Waals surface area (Å²) < 4.78 is 32.9. The van der Waals surface area contributed by atoms with Crippen LogP contribution in [0.4, 0.5) is 0 Å². The molecule has 21 heavy (non-hydrogen) atoms. The van der Waals surface area contributed by atoms with Gasteiger partial charge >= 0.3 is 0 Å². The zero-order valence-electron chi connectivity index (χ0n) is 11.8. The number of sulfonamides is 1. The molecule has 1 aliphatic heterocycles. The van der Waals surface area contributed by atoms with Gasteiger partial charge in [-0.1, -0.05) is 11.8 Å². The molecule has 1 aromatic rings. The van der Waals surface area contributed by atoms with Crippen LogP contribution in [0.25, 0.3) is 0 Å². The number of aliphatic hydroxyl groups excluding tert-OH is 1. The Kier molecular flexibility index (Phi) is 4.96. The summed E-state index contributed by atoms with van der Waals surface area (Å²) in [5.41, 5.74) is -0.166. The SMILES string of the molecule is CC1(NS(=O)(=O)c2cncc(C#CCO)c2)CCCOC1. The van der Waals surface area contributed by atoms with Crippen molar-refractivity contribution in [2.24, 2.45) is 0 Å². The smallest absolute Gasteiger partial charge is 0.242 e. The molecule has 2 N–H and O–H groups in total. The first kappa shape index (κ1) is 15.9. The highest BCUT2D eigenvalue weighted by molar-refractivity contribution is 7.89. The highest BCUT2D eigenvalue weighted by Gasteiger charge is 2.33. The van der Waals surface area contributed by atoms with Gasteiger partial charge in [0.1, 0.15) is 11.5 Å². The van der Waals surface area contributed by atoms with Crippen molar-refractivity contribution in [2.75, 3.05) is 19.8 Å². The number of hydrogen-bond acceptors (Lipinski definition) is 5. The molecule has 114 valence electrons. The Morgan fingerprint density at radius 2 is 2.33 bits per heavy atom. The molecule has 1 unspecified atom stereocenters. The molecule has 1 saturated heterocycles. The Hall–Kier alpha value is -1.46. The van der Waals surface area contributed by atoms with Gasteiger partial charge in [0.2, 0.25) is 10.0 Å². The lowest BCUT2D eigenvalue weighted by atomic mass is 9.97. The van der Waals surface area contributed by atoms with E-state index in [4.69, 9.17) is 9.84 Å². The van der Waals surface area contributed by atoms with Gasteiger partial charge in [0.15, 0.2) is 0 Å². The minimum Gasteiger partial charge on any atom is -0.384 e. The first-order chi connectivity index (χ1) is 9.95. The Bertz CT molecular complexity index is 655. The van der Waals surface area contributed by atoms with Crippen LogP contribution in [0.1, 0.15) is 25.3 Å². The van der Waals surface area contributed by atoms with Crippen LogP contribution in [0, 0.1) is 11.8 Å². The quantitative estimate of drug-likeness (QED) is 0.783. The van der Waals surface area contributed by atoms with Crippen molar-refractivity contribution in [3.63, 3.8) is 0 Å². The highest BCUT2D eigenvalue weighted by Crippen LogP contribution is 2.21. The van der Waals surface area contributed by atoms with E-state index in [2.05, 4.69) is 21.5 Å². The second-order valence-electron chi connectivity index (χ2n) is 5.19. The van der Waals surface area contributed by atoms with Gasteiger partial charge in [0, 0.05) is 24.6 Å². The molecule has 1 fully saturated rings. The first-order valence-electron chi connectivity index (χ1n) is 6.62. The molecule has 2 rings (SSSR count). The third-order valence-electron chi connectivity index (χ3n) is 3.15. The second kappa shape index (κ2) is 6.54. The van der Waals surface area contributed by atoms with Crippen LogP contribution in [0.2, 0.25) is 0 Å². The number of aliphatic hydroxyl groups is 1. The van der Waals surface area contributed by atoms with E-state index < -0.39 is 15.6 Å². The Morgan fingerprint density at radius 3 is 3.00 bits per heavy atom. The minimum atomic E-state index is -3.69. The molecule has 0 spiro atoms. The molecule has 1 aromatic heterocycles. The summed E-state index contributed by atoms with van der Waals surface area (Å²) in [7, 11) is -3.69. The van der Waals surface area contributed by atoms with Gasteiger partial charge in [-0.15, -0.1) is 0 Å². The summed E-state index contributed by atoms with van der Waals surface area (Å²) in [6, 6.07) is 1.44. The largest absolute Gasteiger partial charge is 0.384 e. The lowest BCUT2D eigenvalue weighted by Crippen LogP contribution is -2.51. The third-order valence-corrected chi connectivity index (χ3v) is 4.76. The highest BCUT2D eigenvalue weighted by atomic mass is 32.2. The Labute approximate surface area is 124 Å². The summed E-state index contributed by atoms with van der Waals surface area (Å²) in [5, 5.41) is 8.67. The van der Waals surface area contributed by atoms with Crippen LogP contribution in [0.15, 0.2) is 23.4 Å². The number of pyridine rings is 1. The zero-order chi connectivity index (χ0) is 15.3. The first-order valence-corrected chi connectivity index (χ1v) is 8.10. The predicted molar refractivity (Wildman–Crippen MR) is 77.0 cm³/mol. The van der Waals surface area contributed by atoms with Gasteiger partial charge < -0.3 is 9.84 Å². The lowest BCUT2D eigenvalue weighted by molar-refractivity contribution is 0.0386. The Balaban J connectivity index is 2.23. The average Bonchev–Trinajstić information content (AvgIpc) is 2.45. The normalized spacial score (nSPS) is 22.4. The molecule has 6 nitrogen and oxygen atoms in total. The van der Waals surface area contributed by atoms with Crippen molar-refractivity contribution in [3.05, 3.63) is 24.0 Å². The number of nitrogens with one attached hydrogen (secondary N) is 1. The van der Waals surface area contributed by atoms with E-state index >= 15 is 0 Å². The van der Waals surface area contributed by atoms with Crippen LogP contribution in [-0.4, -0.2) is 43.9 Å². The molecule has 1 aliphatic rings. The molecule has 1 atom stereocenters. The van der Waals surface area contributed by atoms with E-state index in [1.54, 1.807) is 0 Å². The van der Waals surface area contributed by atoms with E-state index in [9.17, 15) is 8.42 Å². The summed E-state index contributed by atoms with van der Waals surface area (Å²) in [4.78, 5) is 3.94. The molecular formula is C14H18N2O4S. The number of nitrogens with zero attached hydrogens (tertiary/aromatic N) is 1. The molecule has 2 heterocycles. The maximum Gasteiger partial charge on any atom is 0.242 e. The summed E-state index contributed by atoms with van der Waals surface area (Å²) in [6.45, 7) is 2.55. The van der Waals surface area contributed by atoms with Crippen LogP contribution >= 0.6 is 0 Å². The van der Waals surface area contributed by atoms with Crippen LogP contribution in [0.5, 0.6) is 0 Å². The third kappa shape index (κ3) is 4.25. The molecule has 0 radical (unpaired) electrons. The fraction of sp³-hybridized carbons (Fsp3) is 0.500. The van der Waals surface area contributed by atoms with E-state index in [1.807, 2.05) is 6.92 Å². The fourth-order valence-corrected chi connectivity index (χ4v) is 3.58.